The van der Waals surface area contributed by atoms with Gasteiger partial charge in [-0.25, -0.2) is 9.97 Å². The quantitative estimate of drug-likeness (QED) is 0.897. The number of rotatable bonds is 2. The summed E-state index contributed by atoms with van der Waals surface area (Å²) in [4.78, 5) is 10.3. The van der Waals surface area contributed by atoms with Crippen LogP contribution in [0, 0.1) is 11.3 Å². The largest absolute Gasteiger partial charge is 0.372 e. The average molecular weight is 265 g/mol. The highest BCUT2D eigenvalue weighted by Crippen LogP contribution is 2.26. The van der Waals surface area contributed by atoms with Gasteiger partial charge in [-0.15, -0.1) is 0 Å². The fourth-order valence-corrected chi connectivity index (χ4v) is 2.63. The van der Waals surface area contributed by atoms with Gasteiger partial charge in [0.05, 0.1) is 6.20 Å². The maximum Gasteiger partial charge on any atom is 0.147 e. The molecule has 0 bridgehead atoms. The smallest absolute Gasteiger partial charge is 0.147 e. The van der Waals surface area contributed by atoms with Crippen molar-refractivity contribution in [2.75, 3.05) is 23.8 Å². The Morgan fingerprint density at radius 3 is 3.10 bits per heavy atom. The Hall–Kier alpha value is -2.61. The van der Waals surface area contributed by atoms with Crippen LogP contribution in [0.15, 0.2) is 36.8 Å². The minimum Gasteiger partial charge on any atom is -0.372 e. The second kappa shape index (κ2) is 5.17. The molecule has 5 nitrogen and oxygen atoms in total. The number of anilines is 2. The fourth-order valence-electron chi connectivity index (χ4n) is 2.63. The summed E-state index contributed by atoms with van der Waals surface area (Å²) in [5, 5.41) is 12.4. The Morgan fingerprint density at radius 2 is 2.25 bits per heavy atom. The second-order valence-corrected chi connectivity index (χ2v) is 4.95. The molecule has 0 radical (unpaired) electrons. The lowest BCUT2D eigenvalue weighted by Gasteiger charge is -2.34. The molecule has 1 aromatic carbocycles. The number of likely N-dealkylation sites (N-methyl/N-ethyl adjacent to an activating group) is 1. The van der Waals surface area contributed by atoms with E-state index in [0.29, 0.717) is 11.4 Å². The van der Waals surface area contributed by atoms with Gasteiger partial charge in [-0.1, -0.05) is 18.2 Å². The zero-order valence-electron chi connectivity index (χ0n) is 11.2. The number of para-hydroxylation sites is 1. The molecular formula is C15H15N5. The van der Waals surface area contributed by atoms with Crippen molar-refractivity contribution in [2.24, 2.45) is 0 Å². The number of nitriles is 1. The van der Waals surface area contributed by atoms with E-state index in [1.807, 2.05) is 0 Å². The van der Waals surface area contributed by atoms with Crippen molar-refractivity contribution in [2.45, 2.75) is 12.5 Å². The molecular weight excluding hydrogens is 250 g/mol. The van der Waals surface area contributed by atoms with Crippen LogP contribution in [0.5, 0.6) is 0 Å². The molecule has 2 aromatic rings. The maximum absolute atomic E-state index is 9.08. The van der Waals surface area contributed by atoms with Crippen molar-refractivity contribution in [3.63, 3.8) is 0 Å². The average Bonchev–Trinajstić information content (AvgIpc) is 2.48. The van der Waals surface area contributed by atoms with Gasteiger partial charge < -0.3 is 10.2 Å². The highest BCUT2D eigenvalue weighted by Gasteiger charge is 2.22. The van der Waals surface area contributed by atoms with Gasteiger partial charge in [0.25, 0.3) is 0 Å². The lowest BCUT2D eigenvalue weighted by atomic mass is 9.98. The van der Waals surface area contributed by atoms with E-state index in [4.69, 9.17) is 5.26 Å². The van der Waals surface area contributed by atoms with Crippen LogP contribution in [0.1, 0.15) is 11.1 Å². The van der Waals surface area contributed by atoms with E-state index >= 15 is 0 Å². The molecule has 100 valence electrons. The summed E-state index contributed by atoms with van der Waals surface area (Å²) >= 11 is 0. The molecule has 20 heavy (non-hydrogen) atoms. The Morgan fingerprint density at radius 1 is 1.40 bits per heavy atom. The number of aromatic nitrogens is 2. The van der Waals surface area contributed by atoms with Crippen LogP contribution in [0.2, 0.25) is 0 Å². The van der Waals surface area contributed by atoms with Gasteiger partial charge in [0.1, 0.15) is 23.8 Å². The lowest BCUT2D eigenvalue weighted by Crippen LogP contribution is -2.40. The number of nitrogens with one attached hydrogen (secondary N) is 1. The molecule has 0 spiro atoms. The summed E-state index contributed by atoms with van der Waals surface area (Å²) < 4.78 is 0. The van der Waals surface area contributed by atoms with Crippen molar-refractivity contribution in [3.05, 3.63) is 47.9 Å². The molecule has 1 atom stereocenters. The molecule has 0 saturated heterocycles. The van der Waals surface area contributed by atoms with Crippen LogP contribution < -0.4 is 10.2 Å². The van der Waals surface area contributed by atoms with Crippen molar-refractivity contribution in [1.82, 2.24) is 9.97 Å². The van der Waals surface area contributed by atoms with Crippen LogP contribution in [0.3, 0.4) is 0 Å². The van der Waals surface area contributed by atoms with Gasteiger partial charge in [0.2, 0.25) is 0 Å². The SMILES string of the molecule is CN1CC(Nc2ncncc2C#N)Cc2ccccc21. The van der Waals surface area contributed by atoms with Crippen LogP contribution >= 0.6 is 0 Å². The molecule has 0 saturated carbocycles. The zero-order chi connectivity index (χ0) is 13.9. The summed E-state index contributed by atoms with van der Waals surface area (Å²) in [6, 6.07) is 10.7. The topological polar surface area (TPSA) is 64.8 Å². The maximum atomic E-state index is 9.08. The lowest BCUT2D eigenvalue weighted by molar-refractivity contribution is 0.661. The third kappa shape index (κ3) is 2.28. The number of hydrogen-bond acceptors (Lipinski definition) is 5. The molecule has 1 aliphatic rings. The number of nitrogens with zero attached hydrogens (tertiary/aromatic N) is 4. The van der Waals surface area contributed by atoms with E-state index in [1.54, 1.807) is 0 Å². The van der Waals surface area contributed by atoms with Crippen LogP contribution in [0.25, 0.3) is 0 Å². The zero-order valence-corrected chi connectivity index (χ0v) is 11.2. The summed E-state index contributed by atoms with van der Waals surface area (Å²) in [5.74, 6) is 0.611. The Kier molecular flexibility index (Phi) is 3.21. The number of fused-ring (bicyclic) bond motifs is 1. The Balaban J connectivity index is 1.83. The number of benzene rings is 1. The predicted molar refractivity (Wildman–Crippen MR) is 77.6 cm³/mol. The molecule has 0 fully saturated rings. The molecule has 1 unspecified atom stereocenters. The Bertz CT molecular complexity index is 661. The molecule has 2 heterocycles. The van der Waals surface area contributed by atoms with E-state index in [-0.39, 0.29) is 6.04 Å². The predicted octanol–water partition coefficient (Wildman–Crippen LogP) is 1.82. The fraction of sp³-hybridized carbons (Fsp3) is 0.267. The first-order valence-corrected chi connectivity index (χ1v) is 6.53. The molecule has 0 aliphatic carbocycles. The molecule has 5 heteroatoms. The van der Waals surface area contributed by atoms with Crippen molar-refractivity contribution in [3.8, 4) is 6.07 Å². The number of hydrogen-bond donors (Lipinski definition) is 1. The summed E-state index contributed by atoms with van der Waals surface area (Å²) in [7, 11) is 2.08. The normalized spacial score (nSPS) is 17.2. The minimum absolute atomic E-state index is 0.233. The third-order valence-corrected chi connectivity index (χ3v) is 3.54. The van der Waals surface area contributed by atoms with Crippen molar-refractivity contribution in [1.29, 1.82) is 5.26 Å². The highest BCUT2D eigenvalue weighted by molar-refractivity contribution is 5.58. The van der Waals surface area contributed by atoms with Crippen molar-refractivity contribution < 1.29 is 0 Å². The monoisotopic (exact) mass is 265 g/mol. The first kappa shape index (κ1) is 12.4. The van der Waals surface area contributed by atoms with Gasteiger partial charge in [-0.3, -0.25) is 0 Å². The van der Waals surface area contributed by atoms with E-state index in [0.717, 1.165) is 13.0 Å². The van der Waals surface area contributed by atoms with E-state index in [9.17, 15) is 0 Å². The van der Waals surface area contributed by atoms with E-state index < -0.39 is 0 Å². The van der Waals surface area contributed by atoms with Gasteiger partial charge in [0.15, 0.2) is 0 Å². The summed E-state index contributed by atoms with van der Waals surface area (Å²) in [6.07, 6.45) is 3.93. The van der Waals surface area contributed by atoms with Gasteiger partial charge in [0, 0.05) is 25.3 Å². The van der Waals surface area contributed by atoms with Gasteiger partial charge >= 0.3 is 0 Å². The van der Waals surface area contributed by atoms with Gasteiger partial charge in [-0.2, -0.15) is 5.26 Å². The van der Waals surface area contributed by atoms with Gasteiger partial charge in [-0.05, 0) is 18.1 Å². The van der Waals surface area contributed by atoms with E-state index in [1.165, 1.54) is 23.8 Å². The minimum atomic E-state index is 0.233. The molecule has 3 rings (SSSR count). The molecule has 1 aromatic heterocycles. The summed E-state index contributed by atoms with van der Waals surface area (Å²) in [6.45, 7) is 0.881. The first-order valence-electron chi connectivity index (χ1n) is 6.53. The summed E-state index contributed by atoms with van der Waals surface area (Å²) in [5.41, 5.74) is 3.06. The third-order valence-electron chi connectivity index (χ3n) is 3.54. The van der Waals surface area contributed by atoms with E-state index in [2.05, 4.69) is 57.6 Å². The van der Waals surface area contributed by atoms with Crippen LogP contribution in [0.4, 0.5) is 11.5 Å². The molecule has 1 aliphatic heterocycles. The van der Waals surface area contributed by atoms with Crippen LogP contribution in [-0.2, 0) is 6.42 Å². The highest BCUT2D eigenvalue weighted by atomic mass is 15.2. The standard InChI is InChI=1S/C15H15N5/c1-20-9-13(6-11-4-2-3-5-14(11)20)19-15-12(7-16)8-17-10-18-15/h2-5,8,10,13H,6,9H2,1H3,(H,17,18,19). The second-order valence-electron chi connectivity index (χ2n) is 4.95. The Labute approximate surface area is 117 Å². The molecule has 0 amide bonds. The molecule has 1 N–H and O–H groups in total. The first-order chi connectivity index (χ1) is 9.78. The van der Waals surface area contributed by atoms with Crippen LogP contribution in [-0.4, -0.2) is 29.6 Å². The van der Waals surface area contributed by atoms with Crippen molar-refractivity contribution >= 4 is 11.5 Å².